The Morgan fingerprint density at radius 3 is 2.25 bits per heavy atom. The van der Waals surface area contributed by atoms with Gasteiger partial charge in [0, 0.05) is 10.7 Å². The molecule has 3 rings (SSSR count). The average Bonchev–Trinajstić information content (AvgIpc) is 2.71. The standard InChI is InChI=1S/C21H20ClN3O3/c1-13-7-8-14(11-16(13)22)24-15-9-10-19(23-12-15)25-21(26)20-17(27-2)5-4-6-18(20)28-3/h4-12,24H,1-3H3,(H,23,25,26). The van der Waals surface area contributed by atoms with Crippen molar-refractivity contribution in [1.29, 1.82) is 0 Å². The van der Waals surface area contributed by atoms with Gasteiger partial charge in [-0.3, -0.25) is 4.79 Å². The Labute approximate surface area is 168 Å². The molecule has 1 heterocycles. The van der Waals surface area contributed by atoms with E-state index in [2.05, 4.69) is 15.6 Å². The summed E-state index contributed by atoms with van der Waals surface area (Å²) >= 11 is 6.15. The van der Waals surface area contributed by atoms with Crippen molar-refractivity contribution in [2.75, 3.05) is 24.9 Å². The van der Waals surface area contributed by atoms with Crippen molar-refractivity contribution in [1.82, 2.24) is 4.98 Å². The van der Waals surface area contributed by atoms with E-state index in [1.807, 2.05) is 31.2 Å². The molecule has 144 valence electrons. The van der Waals surface area contributed by atoms with Gasteiger partial charge in [-0.15, -0.1) is 0 Å². The zero-order valence-corrected chi connectivity index (χ0v) is 16.5. The van der Waals surface area contributed by atoms with Crippen LogP contribution in [0.4, 0.5) is 17.2 Å². The lowest BCUT2D eigenvalue weighted by molar-refractivity contribution is 0.102. The van der Waals surface area contributed by atoms with Crippen molar-refractivity contribution in [2.45, 2.75) is 6.92 Å². The average molecular weight is 398 g/mol. The fourth-order valence-corrected chi connectivity index (χ4v) is 2.81. The zero-order chi connectivity index (χ0) is 20.1. The number of hydrogen-bond acceptors (Lipinski definition) is 5. The van der Waals surface area contributed by atoms with Crippen LogP contribution in [-0.4, -0.2) is 25.1 Å². The van der Waals surface area contributed by atoms with Gasteiger partial charge in [0.05, 0.1) is 26.1 Å². The van der Waals surface area contributed by atoms with E-state index in [4.69, 9.17) is 21.1 Å². The van der Waals surface area contributed by atoms with E-state index in [0.29, 0.717) is 27.9 Å². The monoisotopic (exact) mass is 397 g/mol. The number of carbonyl (C=O) groups is 1. The van der Waals surface area contributed by atoms with Gasteiger partial charge in [-0.25, -0.2) is 4.98 Å². The van der Waals surface area contributed by atoms with E-state index in [0.717, 1.165) is 16.9 Å². The van der Waals surface area contributed by atoms with Gasteiger partial charge < -0.3 is 20.1 Å². The van der Waals surface area contributed by atoms with Crippen LogP contribution in [0.15, 0.2) is 54.7 Å². The Kier molecular flexibility index (Phi) is 6.01. The van der Waals surface area contributed by atoms with Gasteiger partial charge in [0.1, 0.15) is 22.9 Å². The summed E-state index contributed by atoms with van der Waals surface area (Å²) in [5.41, 5.74) is 2.95. The lowest BCUT2D eigenvalue weighted by Crippen LogP contribution is -2.15. The second kappa shape index (κ2) is 8.63. The Bertz CT molecular complexity index is 968. The van der Waals surface area contributed by atoms with Crippen molar-refractivity contribution in [3.05, 3.63) is 70.9 Å². The van der Waals surface area contributed by atoms with Gasteiger partial charge in [0.25, 0.3) is 5.91 Å². The number of nitrogens with zero attached hydrogens (tertiary/aromatic N) is 1. The minimum absolute atomic E-state index is 0.311. The maximum absolute atomic E-state index is 12.7. The molecule has 1 aromatic heterocycles. The third-order valence-electron chi connectivity index (χ3n) is 4.12. The van der Waals surface area contributed by atoms with Gasteiger partial charge in [0.15, 0.2) is 0 Å². The number of methoxy groups -OCH3 is 2. The molecule has 0 saturated heterocycles. The minimum Gasteiger partial charge on any atom is -0.496 e. The third kappa shape index (κ3) is 4.35. The third-order valence-corrected chi connectivity index (χ3v) is 4.53. The lowest BCUT2D eigenvalue weighted by Gasteiger charge is -2.13. The van der Waals surface area contributed by atoms with E-state index < -0.39 is 0 Å². The normalized spacial score (nSPS) is 10.3. The van der Waals surface area contributed by atoms with Crippen LogP contribution >= 0.6 is 11.6 Å². The molecule has 0 fully saturated rings. The number of benzene rings is 2. The van der Waals surface area contributed by atoms with Crippen LogP contribution in [-0.2, 0) is 0 Å². The van der Waals surface area contributed by atoms with Gasteiger partial charge in [-0.05, 0) is 48.9 Å². The number of pyridine rings is 1. The highest BCUT2D eigenvalue weighted by Gasteiger charge is 2.18. The van der Waals surface area contributed by atoms with Gasteiger partial charge in [0.2, 0.25) is 0 Å². The van der Waals surface area contributed by atoms with Crippen LogP contribution in [0.3, 0.4) is 0 Å². The van der Waals surface area contributed by atoms with Crippen molar-refractivity contribution in [2.24, 2.45) is 0 Å². The minimum atomic E-state index is -0.368. The molecule has 0 radical (unpaired) electrons. The molecule has 0 spiro atoms. The molecule has 0 aliphatic rings. The van der Waals surface area contributed by atoms with E-state index in [1.54, 1.807) is 30.5 Å². The Balaban J connectivity index is 1.74. The van der Waals surface area contributed by atoms with Crippen molar-refractivity contribution in [3.63, 3.8) is 0 Å². The molecule has 0 bridgehead atoms. The largest absolute Gasteiger partial charge is 0.496 e. The number of amides is 1. The number of aromatic nitrogens is 1. The fraction of sp³-hybridized carbons (Fsp3) is 0.143. The van der Waals surface area contributed by atoms with E-state index in [1.165, 1.54) is 14.2 Å². The van der Waals surface area contributed by atoms with E-state index in [-0.39, 0.29) is 5.91 Å². The van der Waals surface area contributed by atoms with Crippen LogP contribution in [0.25, 0.3) is 0 Å². The van der Waals surface area contributed by atoms with Crippen molar-refractivity contribution in [3.8, 4) is 11.5 Å². The molecular formula is C21H20ClN3O3. The van der Waals surface area contributed by atoms with Crippen LogP contribution < -0.4 is 20.1 Å². The second-order valence-corrected chi connectivity index (χ2v) is 6.42. The molecule has 3 aromatic rings. The van der Waals surface area contributed by atoms with Crippen LogP contribution in [0.1, 0.15) is 15.9 Å². The number of rotatable bonds is 6. The van der Waals surface area contributed by atoms with Gasteiger partial charge in [-0.1, -0.05) is 23.7 Å². The first-order chi connectivity index (χ1) is 13.5. The number of ether oxygens (including phenoxy) is 2. The molecule has 1 amide bonds. The van der Waals surface area contributed by atoms with E-state index in [9.17, 15) is 4.79 Å². The predicted octanol–water partition coefficient (Wildman–Crippen LogP) is 5.06. The second-order valence-electron chi connectivity index (χ2n) is 6.01. The summed E-state index contributed by atoms with van der Waals surface area (Å²) in [5.74, 6) is 0.885. The lowest BCUT2D eigenvalue weighted by atomic mass is 10.1. The first-order valence-electron chi connectivity index (χ1n) is 8.53. The predicted molar refractivity (Wildman–Crippen MR) is 111 cm³/mol. The summed E-state index contributed by atoms with van der Waals surface area (Å²) in [7, 11) is 3.00. The smallest absolute Gasteiger partial charge is 0.264 e. The summed E-state index contributed by atoms with van der Waals surface area (Å²) in [6.45, 7) is 1.95. The molecule has 0 atom stereocenters. The highest BCUT2D eigenvalue weighted by atomic mass is 35.5. The number of carbonyl (C=O) groups excluding carboxylic acids is 1. The highest BCUT2D eigenvalue weighted by Crippen LogP contribution is 2.29. The van der Waals surface area contributed by atoms with E-state index >= 15 is 0 Å². The summed E-state index contributed by atoms with van der Waals surface area (Å²) in [6.07, 6.45) is 1.63. The number of anilines is 3. The van der Waals surface area contributed by atoms with Gasteiger partial charge in [-0.2, -0.15) is 0 Å². The summed E-state index contributed by atoms with van der Waals surface area (Å²) < 4.78 is 10.5. The topological polar surface area (TPSA) is 72.5 Å². The molecule has 0 aliphatic carbocycles. The molecular weight excluding hydrogens is 378 g/mol. The maximum Gasteiger partial charge on any atom is 0.264 e. The molecule has 2 N–H and O–H groups in total. The highest BCUT2D eigenvalue weighted by molar-refractivity contribution is 6.31. The number of hydrogen-bond donors (Lipinski definition) is 2. The number of halogens is 1. The number of nitrogens with one attached hydrogen (secondary N) is 2. The molecule has 28 heavy (non-hydrogen) atoms. The fourth-order valence-electron chi connectivity index (χ4n) is 2.63. The summed E-state index contributed by atoms with van der Waals surface area (Å²) in [5, 5.41) is 6.66. The molecule has 7 heteroatoms. The zero-order valence-electron chi connectivity index (χ0n) is 15.7. The summed E-state index contributed by atoms with van der Waals surface area (Å²) in [6, 6.07) is 14.4. The Morgan fingerprint density at radius 2 is 1.68 bits per heavy atom. The molecule has 0 saturated carbocycles. The first kappa shape index (κ1) is 19.5. The maximum atomic E-state index is 12.7. The first-order valence-corrected chi connectivity index (χ1v) is 8.91. The summed E-state index contributed by atoms with van der Waals surface area (Å²) in [4.78, 5) is 17.0. The van der Waals surface area contributed by atoms with Crippen molar-refractivity contribution < 1.29 is 14.3 Å². The molecule has 6 nitrogen and oxygen atoms in total. The van der Waals surface area contributed by atoms with Gasteiger partial charge >= 0.3 is 0 Å². The quantitative estimate of drug-likeness (QED) is 0.608. The number of aryl methyl sites for hydroxylation is 1. The molecule has 2 aromatic carbocycles. The molecule has 0 aliphatic heterocycles. The van der Waals surface area contributed by atoms with Crippen LogP contribution in [0.5, 0.6) is 11.5 Å². The SMILES string of the molecule is COc1cccc(OC)c1C(=O)Nc1ccc(Nc2ccc(C)c(Cl)c2)cn1. The Morgan fingerprint density at radius 1 is 1.00 bits per heavy atom. The molecule has 0 unspecified atom stereocenters. The van der Waals surface area contributed by atoms with Crippen LogP contribution in [0.2, 0.25) is 5.02 Å². The Hall–Kier alpha value is -3.25. The van der Waals surface area contributed by atoms with Crippen molar-refractivity contribution >= 4 is 34.7 Å². The van der Waals surface area contributed by atoms with Crippen LogP contribution in [0, 0.1) is 6.92 Å².